The molecule has 1 unspecified atom stereocenters. The van der Waals surface area contributed by atoms with Gasteiger partial charge < -0.3 is 9.88 Å². The van der Waals surface area contributed by atoms with E-state index in [9.17, 15) is 0 Å². The van der Waals surface area contributed by atoms with E-state index in [1.165, 1.54) is 49.7 Å². The molecule has 2 aromatic rings. The SMILES string of the molecule is c1c(C2CCCNC2)cc2ccn3c2c1CCC3. The van der Waals surface area contributed by atoms with Gasteiger partial charge in [0.2, 0.25) is 0 Å². The molecule has 3 heterocycles. The minimum absolute atomic E-state index is 0.727. The molecule has 0 spiro atoms. The Morgan fingerprint density at radius 3 is 3.11 bits per heavy atom. The average molecular weight is 240 g/mol. The molecule has 0 aliphatic carbocycles. The van der Waals surface area contributed by atoms with Crippen LogP contribution in [0.5, 0.6) is 0 Å². The van der Waals surface area contributed by atoms with Crippen LogP contribution in [0.3, 0.4) is 0 Å². The first kappa shape index (κ1) is 10.6. The zero-order valence-corrected chi connectivity index (χ0v) is 10.8. The van der Waals surface area contributed by atoms with Gasteiger partial charge in [0.1, 0.15) is 0 Å². The van der Waals surface area contributed by atoms with Crippen molar-refractivity contribution in [3.05, 3.63) is 35.5 Å². The van der Waals surface area contributed by atoms with Gasteiger partial charge in [-0.25, -0.2) is 0 Å². The summed E-state index contributed by atoms with van der Waals surface area (Å²) in [5.41, 5.74) is 4.63. The molecule has 0 saturated carbocycles. The third-order valence-corrected chi connectivity index (χ3v) is 4.58. The van der Waals surface area contributed by atoms with Crippen molar-refractivity contribution in [1.82, 2.24) is 9.88 Å². The summed E-state index contributed by atoms with van der Waals surface area (Å²) in [7, 11) is 0. The molecule has 1 aromatic heterocycles. The van der Waals surface area contributed by atoms with E-state index in [0.29, 0.717) is 0 Å². The highest BCUT2D eigenvalue weighted by Crippen LogP contribution is 2.32. The summed E-state index contributed by atoms with van der Waals surface area (Å²) in [5, 5.41) is 4.98. The fourth-order valence-electron chi connectivity index (χ4n) is 3.66. The number of nitrogens with zero attached hydrogens (tertiary/aromatic N) is 1. The second-order valence-corrected chi connectivity index (χ2v) is 5.77. The van der Waals surface area contributed by atoms with Gasteiger partial charge in [-0.05, 0) is 61.4 Å². The zero-order valence-electron chi connectivity index (χ0n) is 10.8. The lowest BCUT2D eigenvalue weighted by molar-refractivity contribution is 0.461. The van der Waals surface area contributed by atoms with Gasteiger partial charge in [-0.2, -0.15) is 0 Å². The van der Waals surface area contributed by atoms with E-state index in [1.807, 2.05) is 0 Å². The van der Waals surface area contributed by atoms with Crippen LogP contribution in [-0.2, 0) is 13.0 Å². The predicted octanol–water partition coefficient (Wildman–Crippen LogP) is 3.05. The zero-order chi connectivity index (χ0) is 11.9. The van der Waals surface area contributed by atoms with Crippen molar-refractivity contribution >= 4 is 10.9 Å². The average Bonchev–Trinajstić information content (AvgIpc) is 2.85. The molecule has 1 saturated heterocycles. The van der Waals surface area contributed by atoms with E-state index in [4.69, 9.17) is 0 Å². The number of hydrogen-bond acceptors (Lipinski definition) is 1. The fraction of sp³-hybridized carbons (Fsp3) is 0.500. The number of aryl methyl sites for hydroxylation is 2. The number of hydrogen-bond donors (Lipinski definition) is 1. The molecule has 2 heteroatoms. The Hall–Kier alpha value is -1.28. The Bertz CT molecular complexity index is 576. The predicted molar refractivity (Wildman–Crippen MR) is 75.1 cm³/mol. The molecule has 2 nitrogen and oxygen atoms in total. The Balaban J connectivity index is 1.82. The summed E-state index contributed by atoms with van der Waals surface area (Å²) in [4.78, 5) is 0. The Morgan fingerprint density at radius 1 is 1.22 bits per heavy atom. The van der Waals surface area contributed by atoms with E-state index in [2.05, 4.69) is 34.3 Å². The van der Waals surface area contributed by atoms with Crippen molar-refractivity contribution < 1.29 is 0 Å². The van der Waals surface area contributed by atoms with Gasteiger partial charge >= 0.3 is 0 Å². The minimum atomic E-state index is 0.727. The molecule has 1 N–H and O–H groups in total. The molecule has 1 fully saturated rings. The van der Waals surface area contributed by atoms with Gasteiger partial charge in [0.15, 0.2) is 0 Å². The maximum atomic E-state index is 3.53. The Morgan fingerprint density at radius 2 is 2.22 bits per heavy atom. The largest absolute Gasteiger partial charge is 0.347 e. The Kier molecular flexibility index (Phi) is 2.44. The van der Waals surface area contributed by atoms with E-state index in [0.717, 1.165) is 12.5 Å². The quantitative estimate of drug-likeness (QED) is 0.810. The van der Waals surface area contributed by atoms with Crippen molar-refractivity contribution in [1.29, 1.82) is 0 Å². The second kappa shape index (κ2) is 4.13. The highest BCUT2D eigenvalue weighted by atomic mass is 15.0. The molecule has 0 radical (unpaired) electrons. The summed E-state index contributed by atoms with van der Waals surface area (Å²) in [6, 6.07) is 7.21. The van der Waals surface area contributed by atoms with Crippen LogP contribution >= 0.6 is 0 Å². The molecule has 18 heavy (non-hydrogen) atoms. The van der Waals surface area contributed by atoms with Gasteiger partial charge in [-0.15, -0.1) is 0 Å². The Labute approximate surface area is 108 Å². The smallest absolute Gasteiger partial charge is 0.0513 e. The molecule has 2 aliphatic rings. The normalized spacial score (nSPS) is 23.4. The highest BCUT2D eigenvalue weighted by Gasteiger charge is 2.19. The van der Waals surface area contributed by atoms with Crippen molar-refractivity contribution in [3.63, 3.8) is 0 Å². The third-order valence-electron chi connectivity index (χ3n) is 4.58. The first-order valence-electron chi connectivity index (χ1n) is 7.24. The number of piperidine rings is 1. The van der Waals surface area contributed by atoms with Crippen LogP contribution in [0, 0.1) is 0 Å². The van der Waals surface area contributed by atoms with E-state index >= 15 is 0 Å². The van der Waals surface area contributed by atoms with Crippen LogP contribution in [-0.4, -0.2) is 17.7 Å². The second-order valence-electron chi connectivity index (χ2n) is 5.77. The standard InChI is InChI=1S/C16H20N2/c1-3-14(11-17-6-1)15-9-12-4-2-7-18-8-5-13(10-15)16(12)18/h5,8-10,14,17H,1-4,6-7,11H2. The van der Waals surface area contributed by atoms with Crippen molar-refractivity contribution in [2.45, 2.75) is 38.1 Å². The van der Waals surface area contributed by atoms with Crippen LogP contribution < -0.4 is 5.32 Å². The first-order valence-corrected chi connectivity index (χ1v) is 7.24. The fourth-order valence-corrected chi connectivity index (χ4v) is 3.66. The molecular weight excluding hydrogens is 220 g/mol. The van der Waals surface area contributed by atoms with E-state index < -0.39 is 0 Å². The van der Waals surface area contributed by atoms with Gasteiger partial charge in [0.25, 0.3) is 0 Å². The van der Waals surface area contributed by atoms with Crippen molar-refractivity contribution in [3.8, 4) is 0 Å². The van der Waals surface area contributed by atoms with E-state index in [1.54, 1.807) is 11.1 Å². The van der Waals surface area contributed by atoms with Gasteiger partial charge in [-0.1, -0.05) is 6.07 Å². The van der Waals surface area contributed by atoms with Crippen LogP contribution in [0.1, 0.15) is 36.3 Å². The maximum absolute atomic E-state index is 3.53. The van der Waals surface area contributed by atoms with Crippen molar-refractivity contribution in [2.75, 3.05) is 13.1 Å². The number of benzene rings is 1. The monoisotopic (exact) mass is 240 g/mol. The lowest BCUT2D eigenvalue weighted by Gasteiger charge is -2.25. The van der Waals surface area contributed by atoms with Crippen LogP contribution in [0.15, 0.2) is 24.4 Å². The molecule has 94 valence electrons. The number of rotatable bonds is 1. The minimum Gasteiger partial charge on any atom is -0.347 e. The summed E-state index contributed by atoms with van der Waals surface area (Å²) < 4.78 is 2.43. The molecular formula is C16H20N2. The van der Waals surface area contributed by atoms with E-state index in [-0.39, 0.29) is 0 Å². The van der Waals surface area contributed by atoms with Crippen molar-refractivity contribution in [2.24, 2.45) is 0 Å². The third kappa shape index (κ3) is 1.59. The molecule has 1 atom stereocenters. The number of aromatic nitrogens is 1. The van der Waals surface area contributed by atoms with Gasteiger partial charge in [-0.3, -0.25) is 0 Å². The molecule has 4 rings (SSSR count). The summed E-state index contributed by atoms with van der Waals surface area (Å²) in [5.74, 6) is 0.727. The van der Waals surface area contributed by atoms with Crippen LogP contribution in [0.4, 0.5) is 0 Å². The molecule has 2 aliphatic heterocycles. The topological polar surface area (TPSA) is 17.0 Å². The van der Waals surface area contributed by atoms with Crippen LogP contribution in [0.2, 0.25) is 0 Å². The molecule has 0 bridgehead atoms. The van der Waals surface area contributed by atoms with Gasteiger partial charge in [0, 0.05) is 24.7 Å². The summed E-state index contributed by atoms with van der Waals surface area (Å²) in [6.07, 6.45) is 7.48. The lowest BCUT2D eigenvalue weighted by Crippen LogP contribution is -2.28. The van der Waals surface area contributed by atoms with Gasteiger partial charge in [0.05, 0.1) is 5.52 Å². The van der Waals surface area contributed by atoms with Crippen LogP contribution in [0.25, 0.3) is 10.9 Å². The molecule has 0 amide bonds. The highest BCUT2D eigenvalue weighted by molar-refractivity contribution is 5.85. The summed E-state index contributed by atoms with van der Waals surface area (Å²) >= 11 is 0. The summed E-state index contributed by atoms with van der Waals surface area (Å²) in [6.45, 7) is 3.55. The maximum Gasteiger partial charge on any atom is 0.0513 e. The number of nitrogens with one attached hydrogen (secondary N) is 1. The molecule has 1 aromatic carbocycles. The lowest BCUT2D eigenvalue weighted by atomic mass is 9.88. The first-order chi connectivity index (χ1) is 8.92.